The Hall–Kier alpha value is -1.97. The van der Waals surface area contributed by atoms with Crippen LogP contribution < -0.4 is 9.47 Å². The number of allylic oxidation sites excluding steroid dienone is 1. The highest BCUT2D eigenvalue weighted by Crippen LogP contribution is 2.26. The monoisotopic (exact) mass is 336 g/mol. The average molecular weight is 337 g/mol. The van der Waals surface area contributed by atoms with Crippen LogP contribution in [0.25, 0.3) is 6.08 Å². The number of carbonyl (C=O) groups is 1. The van der Waals surface area contributed by atoms with Gasteiger partial charge >= 0.3 is 0 Å². The molecule has 3 nitrogen and oxygen atoms in total. The van der Waals surface area contributed by atoms with Crippen LogP contribution in [0.2, 0.25) is 10.0 Å². The lowest BCUT2D eigenvalue weighted by molar-refractivity contribution is 0.104. The second-order valence-corrected chi connectivity index (χ2v) is 5.27. The third kappa shape index (κ3) is 3.81. The minimum absolute atomic E-state index is 0.216. The normalized spacial score (nSPS) is 10.7. The van der Waals surface area contributed by atoms with E-state index in [1.165, 1.54) is 12.1 Å². The molecule has 0 saturated heterocycles. The maximum Gasteiger partial charge on any atom is 0.187 e. The Morgan fingerprint density at radius 3 is 2.45 bits per heavy atom. The van der Waals surface area contributed by atoms with Crippen molar-refractivity contribution in [3.8, 4) is 11.5 Å². The molecule has 5 heteroatoms. The molecule has 2 aromatic rings. The van der Waals surface area contributed by atoms with Gasteiger partial charge in [-0.15, -0.1) is 0 Å². The van der Waals surface area contributed by atoms with Crippen LogP contribution >= 0.6 is 23.2 Å². The summed E-state index contributed by atoms with van der Waals surface area (Å²) in [5.74, 6) is 1.11. The zero-order chi connectivity index (χ0) is 16.1. The van der Waals surface area contributed by atoms with Crippen LogP contribution in [0, 0.1) is 0 Å². The average Bonchev–Trinajstić information content (AvgIpc) is 2.52. The third-order valence-electron chi connectivity index (χ3n) is 3.05. The quantitative estimate of drug-likeness (QED) is 0.575. The van der Waals surface area contributed by atoms with Gasteiger partial charge in [-0.05, 0) is 48.6 Å². The van der Waals surface area contributed by atoms with Crippen LogP contribution in [-0.4, -0.2) is 20.0 Å². The molecule has 0 N–H and O–H groups in total. The van der Waals surface area contributed by atoms with E-state index >= 15 is 0 Å². The second-order valence-electron chi connectivity index (χ2n) is 4.43. The molecule has 0 amide bonds. The molecular formula is C17H14Cl2O3. The Morgan fingerprint density at radius 1 is 1.05 bits per heavy atom. The molecule has 0 unspecified atom stereocenters. The van der Waals surface area contributed by atoms with Crippen molar-refractivity contribution in [3.63, 3.8) is 0 Å². The molecule has 0 aliphatic carbocycles. The van der Waals surface area contributed by atoms with Gasteiger partial charge in [0.15, 0.2) is 5.78 Å². The summed E-state index contributed by atoms with van der Waals surface area (Å²) < 4.78 is 10.4. The number of benzene rings is 2. The minimum Gasteiger partial charge on any atom is -0.497 e. The summed E-state index contributed by atoms with van der Waals surface area (Å²) in [6, 6.07) is 10.1. The molecule has 0 heterocycles. The number of methoxy groups -OCH3 is 2. The van der Waals surface area contributed by atoms with Gasteiger partial charge in [0, 0.05) is 16.1 Å². The number of hydrogen-bond acceptors (Lipinski definition) is 3. The number of halogens is 2. The van der Waals surface area contributed by atoms with E-state index in [1.54, 1.807) is 50.6 Å². The van der Waals surface area contributed by atoms with E-state index in [2.05, 4.69) is 0 Å². The van der Waals surface area contributed by atoms with Crippen molar-refractivity contribution in [2.45, 2.75) is 0 Å². The molecule has 0 aromatic heterocycles. The summed E-state index contributed by atoms with van der Waals surface area (Å²) in [6.07, 6.45) is 3.10. The highest BCUT2D eigenvalue weighted by Gasteiger charge is 2.08. The molecule has 0 radical (unpaired) electrons. The predicted octanol–water partition coefficient (Wildman–Crippen LogP) is 4.91. The van der Waals surface area contributed by atoms with Gasteiger partial charge in [0.05, 0.1) is 19.2 Å². The van der Waals surface area contributed by atoms with Gasteiger partial charge in [-0.25, -0.2) is 0 Å². The molecule has 0 aliphatic heterocycles. The summed E-state index contributed by atoms with van der Waals surface area (Å²) in [5, 5.41) is 0.805. The SMILES string of the molecule is COc1ccc(OC)c(/C=C/C(=O)c2ccc(Cl)cc2Cl)c1. The number of ketones is 1. The highest BCUT2D eigenvalue weighted by atomic mass is 35.5. The van der Waals surface area contributed by atoms with Crippen LogP contribution in [-0.2, 0) is 0 Å². The Balaban J connectivity index is 2.29. The van der Waals surface area contributed by atoms with E-state index in [4.69, 9.17) is 32.7 Å². The van der Waals surface area contributed by atoms with E-state index in [-0.39, 0.29) is 5.78 Å². The van der Waals surface area contributed by atoms with Crippen LogP contribution in [0.4, 0.5) is 0 Å². The molecule has 0 fully saturated rings. The third-order valence-corrected chi connectivity index (χ3v) is 3.60. The van der Waals surface area contributed by atoms with E-state index in [0.29, 0.717) is 27.1 Å². The van der Waals surface area contributed by atoms with Crippen molar-refractivity contribution in [3.05, 3.63) is 63.6 Å². The Labute approximate surface area is 139 Å². The Morgan fingerprint density at radius 2 is 1.82 bits per heavy atom. The second kappa shape index (κ2) is 7.34. The van der Waals surface area contributed by atoms with Crippen molar-refractivity contribution in [1.29, 1.82) is 0 Å². The van der Waals surface area contributed by atoms with Crippen molar-refractivity contribution in [2.24, 2.45) is 0 Å². The number of ether oxygens (including phenoxy) is 2. The fourth-order valence-corrected chi connectivity index (χ4v) is 2.42. The van der Waals surface area contributed by atoms with Crippen LogP contribution in [0.1, 0.15) is 15.9 Å². The Bertz CT molecular complexity index is 724. The largest absolute Gasteiger partial charge is 0.497 e. The van der Waals surface area contributed by atoms with Gasteiger partial charge in [0.25, 0.3) is 0 Å². The number of hydrogen-bond donors (Lipinski definition) is 0. The summed E-state index contributed by atoms with van der Waals surface area (Å²) in [5.41, 5.74) is 1.13. The predicted molar refractivity (Wildman–Crippen MR) is 89.4 cm³/mol. The molecule has 0 spiro atoms. The number of rotatable bonds is 5. The zero-order valence-electron chi connectivity index (χ0n) is 12.1. The lowest BCUT2D eigenvalue weighted by Crippen LogP contribution is -1.96. The van der Waals surface area contributed by atoms with Crippen LogP contribution in [0.5, 0.6) is 11.5 Å². The molecule has 0 saturated carbocycles. The summed E-state index contributed by atoms with van der Waals surface area (Å²) >= 11 is 11.9. The van der Waals surface area contributed by atoms with E-state index in [9.17, 15) is 4.79 Å². The highest BCUT2D eigenvalue weighted by molar-refractivity contribution is 6.37. The molecule has 2 rings (SSSR count). The first-order chi connectivity index (χ1) is 10.5. The first kappa shape index (κ1) is 16.4. The standard InChI is InChI=1S/C17H14Cl2O3/c1-21-13-5-8-17(22-2)11(9-13)3-7-16(20)14-6-4-12(18)10-15(14)19/h3-10H,1-2H3/b7-3+. The van der Waals surface area contributed by atoms with Gasteiger partial charge in [-0.1, -0.05) is 23.2 Å². The lowest BCUT2D eigenvalue weighted by atomic mass is 10.1. The maximum absolute atomic E-state index is 12.2. The molecule has 114 valence electrons. The van der Waals surface area contributed by atoms with Crippen molar-refractivity contribution in [2.75, 3.05) is 14.2 Å². The van der Waals surface area contributed by atoms with Crippen molar-refractivity contribution in [1.82, 2.24) is 0 Å². The fourth-order valence-electron chi connectivity index (χ4n) is 1.91. The van der Waals surface area contributed by atoms with E-state index in [1.807, 2.05) is 0 Å². The van der Waals surface area contributed by atoms with Gasteiger partial charge in [-0.3, -0.25) is 4.79 Å². The molecule has 22 heavy (non-hydrogen) atoms. The first-order valence-corrected chi connectivity index (χ1v) is 7.20. The van der Waals surface area contributed by atoms with Gasteiger partial charge in [-0.2, -0.15) is 0 Å². The maximum atomic E-state index is 12.2. The topological polar surface area (TPSA) is 35.5 Å². The van der Waals surface area contributed by atoms with Gasteiger partial charge < -0.3 is 9.47 Å². The summed E-state index contributed by atoms with van der Waals surface area (Å²) in [6.45, 7) is 0. The van der Waals surface area contributed by atoms with Gasteiger partial charge in [0.1, 0.15) is 11.5 Å². The Kier molecular flexibility index (Phi) is 5.47. The van der Waals surface area contributed by atoms with Crippen LogP contribution in [0.3, 0.4) is 0 Å². The van der Waals surface area contributed by atoms with Crippen LogP contribution in [0.15, 0.2) is 42.5 Å². The molecule has 0 bridgehead atoms. The number of carbonyl (C=O) groups excluding carboxylic acids is 1. The fraction of sp³-hybridized carbons (Fsp3) is 0.118. The minimum atomic E-state index is -0.216. The summed E-state index contributed by atoms with van der Waals surface area (Å²) in [7, 11) is 3.14. The van der Waals surface area contributed by atoms with E-state index < -0.39 is 0 Å². The zero-order valence-corrected chi connectivity index (χ0v) is 13.6. The molecule has 0 atom stereocenters. The summed E-state index contributed by atoms with van der Waals surface area (Å²) in [4.78, 5) is 12.2. The molecule has 0 aliphatic rings. The smallest absolute Gasteiger partial charge is 0.187 e. The van der Waals surface area contributed by atoms with Crippen molar-refractivity contribution < 1.29 is 14.3 Å². The lowest BCUT2D eigenvalue weighted by Gasteiger charge is -2.07. The van der Waals surface area contributed by atoms with E-state index in [0.717, 1.165) is 5.56 Å². The first-order valence-electron chi connectivity index (χ1n) is 6.44. The molecular weight excluding hydrogens is 323 g/mol. The van der Waals surface area contributed by atoms with Gasteiger partial charge in [0.2, 0.25) is 0 Å². The van der Waals surface area contributed by atoms with Crippen molar-refractivity contribution >= 4 is 35.1 Å². The molecule has 2 aromatic carbocycles.